The number of sulfonamides is 4. The Balaban J connectivity index is 0.000000117. The van der Waals surface area contributed by atoms with Gasteiger partial charge in [0.25, 0.3) is 0 Å². The number of nitrogens with one attached hydrogen (secondary N) is 4. The van der Waals surface area contributed by atoms with Gasteiger partial charge in [-0.1, -0.05) is 108 Å². The molecule has 16 rings (SSSR count). The summed E-state index contributed by atoms with van der Waals surface area (Å²) >= 11 is 24.9. The minimum atomic E-state index is -3.43. The molecule has 4 aliphatic heterocycles. The molecule has 6 aliphatic rings. The smallest absolute Gasteiger partial charge is 0.243 e. The highest BCUT2D eigenvalue weighted by atomic mass is 35.5. The Morgan fingerprint density at radius 1 is 0.340 bits per heavy atom. The van der Waals surface area contributed by atoms with Gasteiger partial charge in [0.15, 0.2) is 0 Å². The number of anilines is 4. The third kappa shape index (κ3) is 15.5. The molecular formula is C69H78Cl4N12O8S4. The van der Waals surface area contributed by atoms with E-state index in [1.54, 1.807) is 41.5 Å². The van der Waals surface area contributed by atoms with E-state index >= 15 is 0 Å². The summed E-state index contributed by atoms with van der Waals surface area (Å²) in [7, 11) is -12.9. The van der Waals surface area contributed by atoms with E-state index in [2.05, 4.69) is 39.5 Å². The number of piperazine rings is 4. The van der Waals surface area contributed by atoms with Gasteiger partial charge in [0.1, 0.15) is 0 Å². The molecule has 514 valence electrons. The molecule has 97 heavy (non-hydrogen) atoms. The number of hydrogen-bond acceptors (Lipinski definition) is 12. The van der Waals surface area contributed by atoms with Crippen LogP contribution in [-0.2, 0) is 45.8 Å². The number of aromatic amines is 4. The Labute approximate surface area is 587 Å². The van der Waals surface area contributed by atoms with E-state index in [4.69, 9.17) is 46.4 Å². The Morgan fingerprint density at radius 2 is 0.639 bits per heavy atom. The fraction of sp³-hybridized carbons (Fsp3) is 0.362. The summed E-state index contributed by atoms with van der Waals surface area (Å²) in [6, 6.07) is 41.5. The zero-order valence-corrected chi connectivity index (χ0v) is 59.7. The van der Waals surface area contributed by atoms with Gasteiger partial charge in [-0.3, -0.25) is 0 Å². The van der Waals surface area contributed by atoms with E-state index in [0.29, 0.717) is 130 Å². The highest BCUT2D eigenvalue weighted by Gasteiger charge is 2.42. The maximum atomic E-state index is 12.7. The van der Waals surface area contributed by atoms with Crippen LogP contribution < -0.4 is 19.6 Å². The quantitative estimate of drug-likeness (QED) is 0.0846. The second-order valence-electron chi connectivity index (χ2n) is 25.3. The summed E-state index contributed by atoms with van der Waals surface area (Å²) < 4.78 is 107. The molecule has 6 fully saturated rings. The molecule has 2 aliphatic carbocycles. The highest BCUT2D eigenvalue weighted by Crippen LogP contribution is 2.38. The van der Waals surface area contributed by atoms with Crippen LogP contribution in [0.5, 0.6) is 0 Å². The Kier molecular flexibility index (Phi) is 20.9. The molecule has 28 heteroatoms. The van der Waals surface area contributed by atoms with Gasteiger partial charge in [0, 0.05) is 216 Å². The van der Waals surface area contributed by atoms with E-state index in [1.165, 1.54) is 0 Å². The van der Waals surface area contributed by atoms with Gasteiger partial charge in [0.05, 0.1) is 21.1 Å². The predicted octanol–water partition coefficient (Wildman–Crippen LogP) is 12.5. The van der Waals surface area contributed by atoms with Gasteiger partial charge < -0.3 is 39.5 Å². The summed E-state index contributed by atoms with van der Waals surface area (Å²) in [5.74, 6) is 0.0487. The van der Waals surface area contributed by atoms with E-state index < -0.39 is 40.1 Å². The van der Waals surface area contributed by atoms with Crippen molar-refractivity contribution in [2.24, 2.45) is 0 Å². The zero-order valence-electron chi connectivity index (χ0n) is 53.4. The molecule has 0 unspecified atom stereocenters. The molecule has 0 radical (unpaired) electrons. The van der Waals surface area contributed by atoms with Gasteiger partial charge in [0.2, 0.25) is 40.1 Å². The van der Waals surface area contributed by atoms with E-state index in [0.717, 1.165) is 110 Å². The zero-order chi connectivity index (χ0) is 67.6. The summed E-state index contributed by atoms with van der Waals surface area (Å²) in [6.45, 7) is 9.44. The third-order valence-electron chi connectivity index (χ3n) is 19.1. The molecule has 10 aromatic rings. The normalized spacial score (nSPS) is 18.5. The molecule has 4 aromatic heterocycles. The number of fused-ring (bicyclic) bond motifs is 4. The minimum Gasteiger partial charge on any atom is -0.368 e. The molecular weight excluding hydrogens is 1390 g/mol. The lowest BCUT2D eigenvalue weighted by atomic mass is 10.2. The molecule has 20 nitrogen and oxygen atoms in total. The molecule has 0 atom stereocenters. The van der Waals surface area contributed by atoms with Crippen LogP contribution in [0.2, 0.25) is 20.1 Å². The monoisotopic (exact) mass is 1470 g/mol. The van der Waals surface area contributed by atoms with Crippen molar-refractivity contribution in [3.05, 3.63) is 184 Å². The number of halogens is 4. The van der Waals surface area contributed by atoms with Crippen LogP contribution in [0.15, 0.2) is 163 Å². The van der Waals surface area contributed by atoms with Crippen LogP contribution in [0.25, 0.3) is 43.6 Å². The number of nitrogens with zero attached hydrogens (tertiary/aromatic N) is 8. The first-order valence-corrected chi connectivity index (χ1v) is 40.4. The van der Waals surface area contributed by atoms with E-state index in [1.807, 2.05) is 134 Å². The highest BCUT2D eigenvalue weighted by molar-refractivity contribution is 7.90. The summed E-state index contributed by atoms with van der Waals surface area (Å²) in [6.07, 6.45) is 13.0. The molecule has 8 heterocycles. The fourth-order valence-corrected chi connectivity index (χ4v) is 21.5. The lowest BCUT2D eigenvalue weighted by Crippen LogP contribution is -2.50. The SMILES string of the molecule is O=S(=O)(C1CC1)N1CCN(c2cc(Cl)cc3[nH]ccc23)CC1.O=S(=O)(C1CCCC1)N1CCN(c2cc(Cl)cc3[nH]ccc23)CC1.O=S(=O)(Cc1ccccc1)N1CCN(c2cc(Cl)cc3[nH]ccc23)CC1.O=S(=O)(c1ccccc1)N1CCN(c2cc(Cl)cc3[nH]ccc23)CC1. The average molecular weight is 1470 g/mol. The molecule has 4 saturated heterocycles. The summed E-state index contributed by atoms with van der Waals surface area (Å²) in [5.41, 5.74) is 9.07. The van der Waals surface area contributed by atoms with Crippen LogP contribution in [0.3, 0.4) is 0 Å². The second kappa shape index (κ2) is 29.4. The Bertz CT molecular complexity index is 4870. The van der Waals surface area contributed by atoms with Crippen molar-refractivity contribution in [3.63, 3.8) is 0 Å². The predicted molar refractivity (Wildman–Crippen MR) is 394 cm³/mol. The van der Waals surface area contributed by atoms with Gasteiger partial charge in [-0.25, -0.2) is 33.7 Å². The topological polar surface area (TPSA) is 226 Å². The Hall–Kier alpha value is -6.52. The van der Waals surface area contributed by atoms with Crippen molar-refractivity contribution in [1.29, 1.82) is 0 Å². The van der Waals surface area contributed by atoms with Gasteiger partial charge in [-0.2, -0.15) is 17.2 Å². The van der Waals surface area contributed by atoms with Crippen molar-refractivity contribution < 1.29 is 33.7 Å². The number of H-pyrrole nitrogens is 4. The lowest BCUT2D eigenvalue weighted by Gasteiger charge is -2.37. The van der Waals surface area contributed by atoms with Gasteiger partial charge in [-0.05, 0) is 116 Å². The van der Waals surface area contributed by atoms with Gasteiger partial charge in [-0.15, -0.1) is 0 Å². The number of aromatic nitrogens is 4. The standard InChI is InChI=1S/C19H20ClN3O2S.C18H18ClN3O2S.C17H22ClN3O2S.C15H18ClN3O2S/c20-16-12-18-17(6-7-21-18)19(13-16)22-8-10-23(11-9-22)26(24,25)14-15-4-2-1-3-5-15;19-14-12-17-16(6-7-20-17)18(13-14)21-8-10-22(11-9-21)25(23,24)15-4-2-1-3-5-15;18-13-11-16-15(5-6-19-16)17(12-13)20-7-9-21(10-8-20)24(22,23)14-3-1-2-4-14;16-11-9-14-13(3-4-17-14)15(10-11)18-5-7-19(8-6-18)22(20,21)12-1-2-12/h1-7,12-13,21H,8-11,14H2;1-7,12-13,20H,8-11H2;5-6,11-12,14,19H,1-4,7-10H2;3-4,9-10,12,17H,1-2,5-8H2. The van der Waals surface area contributed by atoms with Crippen LogP contribution in [-0.4, -0.2) is 186 Å². The van der Waals surface area contributed by atoms with Crippen molar-refractivity contribution in [2.75, 3.05) is 124 Å². The fourth-order valence-electron chi connectivity index (χ4n) is 13.8. The van der Waals surface area contributed by atoms with Crippen LogP contribution in [0.1, 0.15) is 44.1 Å². The Morgan fingerprint density at radius 3 is 0.969 bits per heavy atom. The van der Waals surface area contributed by atoms with Crippen LogP contribution in [0, 0.1) is 0 Å². The van der Waals surface area contributed by atoms with E-state index in [9.17, 15) is 33.7 Å². The van der Waals surface area contributed by atoms with Crippen LogP contribution in [0.4, 0.5) is 22.7 Å². The molecule has 4 N–H and O–H groups in total. The largest absolute Gasteiger partial charge is 0.368 e. The van der Waals surface area contributed by atoms with Crippen molar-refractivity contribution in [1.82, 2.24) is 37.2 Å². The third-order valence-corrected chi connectivity index (χ3v) is 28.6. The molecule has 0 bridgehead atoms. The number of rotatable bonds is 13. The van der Waals surface area contributed by atoms with Crippen molar-refractivity contribution in [2.45, 2.75) is 59.7 Å². The van der Waals surface area contributed by atoms with Crippen molar-refractivity contribution >= 4 is 153 Å². The first-order valence-electron chi connectivity index (χ1n) is 32.8. The average Bonchev–Trinajstić information content (AvgIpc) is 1.50. The van der Waals surface area contributed by atoms with Crippen molar-refractivity contribution in [3.8, 4) is 0 Å². The second-order valence-corrected chi connectivity index (χ2v) is 35.3. The maximum Gasteiger partial charge on any atom is 0.243 e. The molecule has 0 amide bonds. The minimum absolute atomic E-state index is 0.0487. The molecule has 2 saturated carbocycles. The molecule has 6 aromatic carbocycles. The maximum absolute atomic E-state index is 12.7. The number of benzene rings is 6. The number of hydrogen-bond donors (Lipinski definition) is 4. The van der Waals surface area contributed by atoms with Gasteiger partial charge >= 0.3 is 0 Å². The lowest BCUT2D eigenvalue weighted by molar-refractivity contribution is 0.379. The first kappa shape index (κ1) is 69.0. The van der Waals surface area contributed by atoms with Crippen LogP contribution >= 0.6 is 46.4 Å². The van der Waals surface area contributed by atoms with E-state index in [-0.39, 0.29) is 16.3 Å². The molecule has 0 spiro atoms. The first-order chi connectivity index (χ1) is 46.7. The summed E-state index contributed by atoms with van der Waals surface area (Å²) in [5, 5.41) is 6.92. The summed E-state index contributed by atoms with van der Waals surface area (Å²) in [4.78, 5) is 21.9.